The van der Waals surface area contributed by atoms with Crippen molar-refractivity contribution in [2.75, 3.05) is 36.4 Å². The van der Waals surface area contributed by atoms with Crippen LogP contribution in [0.15, 0.2) is 60.9 Å². The van der Waals surface area contributed by atoms with E-state index < -0.39 is 0 Å². The van der Waals surface area contributed by atoms with Gasteiger partial charge in [-0.05, 0) is 42.8 Å². The summed E-state index contributed by atoms with van der Waals surface area (Å²) in [5.74, 6) is 1.59. The molecule has 0 atom stereocenters. The normalized spacial score (nSPS) is 14.0. The predicted octanol–water partition coefficient (Wildman–Crippen LogP) is 2.89. The van der Waals surface area contributed by atoms with Crippen LogP contribution in [0.4, 0.5) is 17.3 Å². The molecule has 1 aliphatic rings. The van der Waals surface area contributed by atoms with Crippen molar-refractivity contribution in [3.8, 4) is 0 Å². The number of benzene rings is 1. The monoisotopic (exact) mass is 374 g/mol. The van der Waals surface area contributed by atoms with E-state index in [0.717, 1.165) is 35.7 Å². The number of aryl methyl sites for hydroxylation is 1. The number of hydrogen-bond donors (Lipinski definition) is 1. The van der Waals surface area contributed by atoms with E-state index in [-0.39, 0.29) is 5.91 Å². The van der Waals surface area contributed by atoms with Crippen LogP contribution in [-0.4, -0.2) is 52.2 Å². The van der Waals surface area contributed by atoms with Gasteiger partial charge in [-0.25, -0.2) is 0 Å². The molecule has 3 heterocycles. The number of aromatic nitrogens is 3. The summed E-state index contributed by atoms with van der Waals surface area (Å²) in [7, 11) is 0. The van der Waals surface area contributed by atoms with E-state index in [0.29, 0.717) is 18.9 Å². The zero-order chi connectivity index (χ0) is 19.3. The molecule has 28 heavy (non-hydrogen) atoms. The molecule has 4 rings (SSSR count). The fourth-order valence-electron chi connectivity index (χ4n) is 3.27. The largest absolute Gasteiger partial charge is 0.352 e. The van der Waals surface area contributed by atoms with Crippen molar-refractivity contribution in [1.29, 1.82) is 0 Å². The quantitative estimate of drug-likeness (QED) is 0.757. The van der Waals surface area contributed by atoms with Gasteiger partial charge in [0.25, 0.3) is 5.91 Å². The van der Waals surface area contributed by atoms with Crippen LogP contribution in [0.25, 0.3) is 0 Å². The third-order valence-corrected chi connectivity index (χ3v) is 4.85. The van der Waals surface area contributed by atoms with Crippen LogP contribution in [0.1, 0.15) is 15.9 Å². The maximum absolute atomic E-state index is 12.7. The first kappa shape index (κ1) is 17.9. The Morgan fingerprint density at radius 1 is 0.964 bits per heavy atom. The Morgan fingerprint density at radius 2 is 1.79 bits per heavy atom. The molecule has 3 aromatic rings. The number of anilines is 3. The van der Waals surface area contributed by atoms with Crippen LogP contribution in [-0.2, 0) is 0 Å². The van der Waals surface area contributed by atoms with Gasteiger partial charge in [-0.15, -0.1) is 10.2 Å². The molecule has 0 aliphatic carbocycles. The smallest absolute Gasteiger partial charge is 0.254 e. The molecular formula is C21H22N6O. The molecule has 7 heteroatoms. The van der Waals surface area contributed by atoms with Crippen LogP contribution in [0.5, 0.6) is 0 Å². The highest BCUT2D eigenvalue weighted by Crippen LogP contribution is 2.18. The summed E-state index contributed by atoms with van der Waals surface area (Å²) >= 11 is 0. The summed E-state index contributed by atoms with van der Waals surface area (Å²) in [5.41, 5.74) is 2.66. The number of hydrogen-bond acceptors (Lipinski definition) is 6. The Hall–Kier alpha value is -3.48. The lowest BCUT2D eigenvalue weighted by Gasteiger charge is -2.35. The minimum absolute atomic E-state index is 0.0971. The van der Waals surface area contributed by atoms with Crippen LogP contribution in [0.2, 0.25) is 0 Å². The predicted molar refractivity (Wildman–Crippen MR) is 109 cm³/mol. The Morgan fingerprint density at radius 3 is 2.46 bits per heavy atom. The average Bonchev–Trinajstić information content (AvgIpc) is 2.75. The van der Waals surface area contributed by atoms with Gasteiger partial charge in [0.1, 0.15) is 0 Å². The van der Waals surface area contributed by atoms with E-state index in [2.05, 4.69) is 25.4 Å². The molecular weight excluding hydrogens is 352 g/mol. The highest BCUT2D eigenvalue weighted by Gasteiger charge is 2.23. The number of nitrogens with one attached hydrogen (secondary N) is 1. The number of carbonyl (C=O) groups excluding carboxylic acids is 1. The van der Waals surface area contributed by atoms with Gasteiger partial charge in [0.2, 0.25) is 0 Å². The standard InChI is InChI=1S/C21H22N6O/c1-16-5-2-3-7-18(16)21(28)27-13-11-26(12-14-27)20-9-8-19(24-25-20)23-17-6-4-10-22-15-17/h2-10,15H,11-14H2,1H3,(H,23,24). The van der Waals surface area contributed by atoms with E-state index in [1.807, 2.05) is 60.4 Å². The Kier molecular flexibility index (Phi) is 5.14. The van der Waals surface area contributed by atoms with Crippen molar-refractivity contribution in [2.45, 2.75) is 6.92 Å². The van der Waals surface area contributed by atoms with Gasteiger partial charge in [0, 0.05) is 37.9 Å². The van der Waals surface area contributed by atoms with Crippen molar-refractivity contribution in [3.63, 3.8) is 0 Å². The van der Waals surface area contributed by atoms with Crippen LogP contribution < -0.4 is 10.2 Å². The van der Waals surface area contributed by atoms with Crippen molar-refractivity contribution in [1.82, 2.24) is 20.1 Å². The summed E-state index contributed by atoms with van der Waals surface area (Å²) in [5, 5.41) is 11.8. The fourth-order valence-corrected chi connectivity index (χ4v) is 3.27. The number of rotatable bonds is 4. The molecule has 0 bridgehead atoms. The minimum atomic E-state index is 0.0971. The van der Waals surface area contributed by atoms with Crippen LogP contribution in [0, 0.1) is 6.92 Å². The van der Waals surface area contributed by atoms with Crippen molar-refractivity contribution >= 4 is 23.2 Å². The molecule has 1 aromatic carbocycles. The molecule has 0 saturated carbocycles. The number of carbonyl (C=O) groups is 1. The van der Waals surface area contributed by atoms with E-state index in [4.69, 9.17) is 0 Å². The molecule has 1 amide bonds. The van der Waals surface area contributed by atoms with Gasteiger partial charge >= 0.3 is 0 Å². The first-order valence-corrected chi connectivity index (χ1v) is 9.31. The molecule has 0 spiro atoms. The van der Waals surface area contributed by atoms with Crippen molar-refractivity contribution < 1.29 is 4.79 Å². The first-order chi connectivity index (χ1) is 13.7. The second-order valence-electron chi connectivity index (χ2n) is 6.74. The fraction of sp³-hybridized carbons (Fsp3) is 0.238. The third kappa shape index (κ3) is 3.93. The first-order valence-electron chi connectivity index (χ1n) is 9.31. The van der Waals surface area contributed by atoms with E-state index in [1.165, 1.54) is 0 Å². The van der Waals surface area contributed by atoms with Gasteiger partial charge in [-0.3, -0.25) is 9.78 Å². The lowest BCUT2D eigenvalue weighted by Crippen LogP contribution is -2.49. The maximum Gasteiger partial charge on any atom is 0.254 e. The maximum atomic E-state index is 12.7. The average molecular weight is 374 g/mol. The number of amides is 1. The molecule has 0 unspecified atom stereocenters. The molecule has 2 aromatic heterocycles. The van der Waals surface area contributed by atoms with Gasteiger partial charge < -0.3 is 15.1 Å². The zero-order valence-electron chi connectivity index (χ0n) is 15.7. The van der Waals surface area contributed by atoms with E-state index in [9.17, 15) is 4.79 Å². The molecule has 1 aliphatic heterocycles. The molecule has 7 nitrogen and oxygen atoms in total. The highest BCUT2D eigenvalue weighted by molar-refractivity contribution is 5.95. The van der Waals surface area contributed by atoms with Crippen molar-refractivity contribution in [3.05, 3.63) is 72.1 Å². The minimum Gasteiger partial charge on any atom is -0.352 e. The SMILES string of the molecule is Cc1ccccc1C(=O)N1CCN(c2ccc(Nc3cccnc3)nn2)CC1. The van der Waals surface area contributed by atoms with Gasteiger partial charge in [0.15, 0.2) is 11.6 Å². The summed E-state index contributed by atoms with van der Waals surface area (Å²) in [6, 6.07) is 15.4. The Labute approximate surface area is 164 Å². The van der Waals surface area contributed by atoms with Gasteiger partial charge in [-0.2, -0.15) is 0 Å². The van der Waals surface area contributed by atoms with Crippen molar-refractivity contribution in [2.24, 2.45) is 0 Å². The third-order valence-electron chi connectivity index (χ3n) is 4.85. The number of piperazine rings is 1. The lowest BCUT2D eigenvalue weighted by molar-refractivity contribution is 0.0745. The topological polar surface area (TPSA) is 74.2 Å². The van der Waals surface area contributed by atoms with Gasteiger partial charge in [-0.1, -0.05) is 18.2 Å². The Balaban J connectivity index is 1.36. The van der Waals surface area contributed by atoms with Gasteiger partial charge in [0.05, 0.1) is 11.9 Å². The summed E-state index contributed by atoms with van der Waals surface area (Å²) in [6.07, 6.45) is 3.46. The number of nitrogens with zero attached hydrogens (tertiary/aromatic N) is 5. The molecule has 1 N–H and O–H groups in total. The lowest BCUT2D eigenvalue weighted by atomic mass is 10.1. The van der Waals surface area contributed by atoms with E-state index in [1.54, 1.807) is 12.4 Å². The Bertz CT molecular complexity index is 937. The highest BCUT2D eigenvalue weighted by atomic mass is 16.2. The van der Waals surface area contributed by atoms with Crippen LogP contribution >= 0.6 is 0 Å². The molecule has 1 fully saturated rings. The molecule has 1 saturated heterocycles. The van der Waals surface area contributed by atoms with E-state index >= 15 is 0 Å². The second-order valence-corrected chi connectivity index (χ2v) is 6.74. The molecule has 142 valence electrons. The summed E-state index contributed by atoms with van der Waals surface area (Å²) in [4.78, 5) is 20.9. The number of pyridine rings is 1. The summed E-state index contributed by atoms with van der Waals surface area (Å²) < 4.78 is 0. The zero-order valence-corrected chi connectivity index (χ0v) is 15.7. The molecule has 0 radical (unpaired) electrons. The summed E-state index contributed by atoms with van der Waals surface area (Å²) in [6.45, 7) is 4.79. The second kappa shape index (κ2) is 8.04. The van der Waals surface area contributed by atoms with Crippen LogP contribution in [0.3, 0.4) is 0 Å².